The number of nitrogens with zero attached hydrogens (tertiary/aromatic N) is 16. The van der Waals surface area contributed by atoms with Crippen LogP contribution in [0.1, 0.15) is 115 Å². The number of halogens is 8. The van der Waals surface area contributed by atoms with Crippen LogP contribution in [0.25, 0.3) is 51.0 Å². The number of hydrogen-bond acceptors (Lipinski definition) is 27. The summed E-state index contributed by atoms with van der Waals surface area (Å²) in [5, 5.41) is 8.58. The van der Waals surface area contributed by atoms with Crippen LogP contribution < -0.4 is 46.3 Å². The quantitative estimate of drug-likeness (QED) is 0.0165. The molecule has 8 aromatic heterocycles. The molecule has 16 heterocycles. The Hall–Kier alpha value is -11.3. The molecule has 774 valence electrons. The van der Waals surface area contributed by atoms with Crippen LogP contribution in [-0.4, -0.2) is 294 Å². The third-order valence-electron chi connectivity index (χ3n) is 24.7. The lowest BCUT2D eigenvalue weighted by Crippen LogP contribution is -2.41. The molecule has 0 aliphatic carbocycles. The lowest BCUT2D eigenvalue weighted by atomic mass is 9.76. The van der Waals surface area contributed by atoms with E-state index in [9.17, 15) is 32.3 Å². The molecule has 2 aromatic carbocycles. The molecule has 35 nitrogen and oxygen atoms in total. The van der Waals surface area contributed by atoms with Crippen molar-refractivity contribution in [2.24, 2.45) is 17.6 Å². The van der Waals surface area contributed by atoms with Crippen molar-refractivity contribution in [2.75, 3.05) is 205 Å². The van der Waals surface area contributed by atoms with Gasteiger partial charge in [-0.1, -0.05) is 100.0 Å². The molecule has 6 N–H and O–H groups in total. The maximum absolute atomic E-state index is 12.9. The number of benzene rings is 2. The van der Waals surface area contributed by atoms with Crippen LogP contribution in [0.3, 0.4) is 0 Å². The van der Waals surface area contributed by atoms with Gasteiger partial charge in [0.2, 0.25) is 6.41 Å². The number of morpholine rings is 5. The number of amides is 5. The molecule has 5 amide bonds. The number of rotatable bonds is 19. The standard InChI is InChI=1S/C26H32N6O2.C20H28BF3N2O3.C17H21ClN4O3.C13H17ClN2O2.C12H13ClN4O.C11H12BrClN2O2.CH3NO/c1-3-19-6-7-32(16-19)26(33)29-21-5-4-18(2)22(14-21)20-12-23(24-15-27-17-28-24)30-25(13-20)31-8-10-34-11-9-31;1-13-6-7-15(10-16(13)21-28-18(2,3)19(4,5)29-21)25-17(27)26-9-8-14(12-26)11-20(22,23)24;1-17(2,3)25-16(23)22-10-14(19-11-22)13-8-12(18)9-15(20-13)21-4-6-24-7-5-21;1-3-18-10(2)12-8-11(14)9-13(15-12)16-4-6-17-7-5-16;13-9-5-10(11-7-14-8-15-11)16-12(6-9)17-1-3-18-4-2-17;12-7-10(16)9-5-8(13)6-11(14-9)15-1-3-17-4-2-15;2-1-3/h4-5,12-15,17,19H,3,6-11,16H2,1-2H3,(H,27,28)(H,29,33);6-7,10,14H,8-9,11-12H2,1-5H3,(H,25,27);8-11H,4-7H2,1-3H3;8-9H,2-7H2,1H3;5-8H,1-4H2,(H,14,15);5-6H,1-4,7H2;1H,(H2,2,3)/t19-;14-;;;;;/m10...../s1. The Morgan fingerprint density at radius 2 is 0.965 bits per heavy atom. The first kappa shape index (κ1) is 111. The summed E-state index contributed by atoms with van der Waals surface area (Å²) in [6.45, 7) is 43.0. The number of carbonyl (C=O) groups is 5. The number of anilines is 7. The summed E-state index contributed by atoms with van der Waals surface area (Å²) < 4.78 is 88.8. The van der Waals surface area contributed by atoms with E-state index >= 15 is 0 Å². The molecule has 0 radical (unpaired) electrons. The predicted molar refractivity (Wildman–Crippen MR) is 559 cm³/mol. The van der Waals surface area contributed by atoms with Gasteiger partial charge in [0.05, 0.1) is 143 Å². The molecule has 144 heavy (non-hydrogen) atoms. The molecule has 8 fully saturated rings. The summed E-state index contributed by atoms with van der Waals surface area (Å²) in [7, 11) is -0.556. The van der Waals surface area contributed by atoms with Crippen molar-refractivity contribution < 1.29 is 79.6 Å². The molecule has 0 spiro atoms. The first-order valence-corrected chi connectivity index (χ1v) is 50.4. The second-order valence-electron chi connectivity index (χ2n) is 36.8. The van der Waals surface area contributed by atoms with Gasteiger partial charge in [0, 0.05) is 136 Å². The summed E-state index contributed by atoms with van der Waals surface area (Å²) in [6.07, 6.45) is 7.11. The summed E-state index contributed by atoms with van der Waals surface area (Å²) in [5.74, 6) is 4.72. The Kier molecular flexibility index (Phi) is 40.8. The average Bonchev–Trinajstić information content (AvgIpc) is 1.61. The Labute approximate surface area is 866 Å². The van der Waals surface area contributed by atoms with Gasteiger partial charge in [0.15, 0.2) is 5.78 Å². The molecule has 8 saturated heterocycles. The van der Waals surface area contributed by atoms with E-state index in [1.807, 2.05) is 104 Å². The Balaban J connectivity index is 0.000000156. The van der Waals surface area contributed by atoms with E-state index in [2.05, 4.69) is 146 Å². The van der Waals surface area contributed by atoms with Crippen molar-refractivity contribution in [3.05, 3.63) is 184 Å². The van der Waals surface area contributed by atoms with E-state index < -0.39 is 54.6 Å². The lowest BCUT2D eigenvalue weighted by molar-refractivity contribution is -0.143. The zero-order valence-electron chi connectivity index (χ0n) is 82.9. The van der Waals surface area contributed by atoms with E-state index in [1.54, 1.807) is 67.6 Å². The van der Waals surface area contributed by atoms with Crippen molar-refractivity contribution in [1.29, 1.82) is 0 Å². The Morgan fingerprint density at radius 3 is 1.40 bits per heavy atom. The highest BCUT2D eigenvalue weighted by molar-refractivity contribution is 9.09. The number of alkyl halides is 4. The highest BCUT2D eigenvalue weighted by atomic mass is 79.9. The number of carbonyl (C=O) groups excluding carboxylic acids is 5. The van der Waals surface area contributed by atoms with Gasteiger partial charge in [-0.3, -0.25) is 9.59 Å². The van der Waals surface area contributed by atoms with Crippen molar-refractivity contribution >= 4 is 151 Å². The number of nitrogens with two attached hydrogens (primary N) is 1. The maximum Gasteiger partial charge on any atom is 0.495 e. The molecule has 8 aliphatic heterocycles. The van der Waals surface area contributed by atoms with Crippen LogP contribution in [0.15, 0.2) is 141 Å². The first-order valence-electron chi connectivity index (χ1n) is 47.8. The van der Waals surface area contributed by atoms with E-state index in [4.69, 9.17) is 98.6 Å². The fourth-order valence-corrected chi connectivity index (χ4v) is 17.4. The first-order chi connectivity index (χ1) is 68.8. The average molecular weight is 2140 g/mol. The maximum atomic E-state index is 12.9. The molecule has 2 atom stereocenters. The monoisotopic (exact) mass is 2130 g/mol. The smallest absolute Gasteiger partial charge is 0.492 e. The topological polar surface area (TPSA) is 381 Å². The number of primary amides is 1. The molecular weight excluding hydrogens is 2010 g/mol. The van der Waals surface area contributed by atoms with Gasteiger partial charge in [-0.25, -0.2) is 58.8 Å². The fraction of sp³-hybridized carbons (Fsp3) is 0.470. The Bertz CT molecular complexity index is 5890. The number of hydrogen-bond donors (Lipinski definition) is 5. The largest absolute Gasteiger partial charge is 0.495 e. The van der Waals surface area contributed by atoms with Crippen LogP contribution >= 0.6 is 62.3 Å². The molecular formula is C100H126BBrCl4F3N21O14. The van der Waals surface area contributed by atoms with E-state index in [1.165, 1.54) is 15.8 Å². The van der Waals surface area contributed by atoms with Crippen LogP contribution in [0, 0.1) is 25.7 Å². The van der Waals surface area contributed by atoms with Gasteiger partial charge >= 0.3 is 31.5 Å². The second kappa shape index (κ2) is 52.7. The van der Waals surface area contributed by atoms with Crippen molar-refractivity contribution in [2.45, 2.75) is 125 Å². The number of ketones is 1. The van der Waals surface area contributed by atoms with Crippen LogP contribution in [0.4, 0.5) is 68.0 Å². The van der Waals surface area contributed by atoms with Crippen molar-refractivity contribution in [1.82, 2.24) is 64.2 Å². The van der Waals surface area contributed by atoms with Gasteiger partial charge in [-0.05, 0) is 201 Å². The molecule has 18 rings (SSSR count). The second-order valence-corrected chi connectivity index (χ2v) is 39.1. The fourth-order valence-electron chi connectivity index (χ4n) is 16.3. The molecule has 8 aliphatic rings. The number of likely N-dealkylation sites (tertiary alicyclic amines) is 2. The number of aryl methyl sites for hydroxylation is 2. The number of aromatic amines is 2. The Morgan fingerprint density at radius 1 is 0.556 bits per heavy atom. The van der Waals surface area contributed by atoms with Crippen molar-refractivity contribution in [3.8, 4) is 45.3 Å². The zero-order valence-corrected chi connectivity index (χ0v) is 87.5. The lowest BCUT2D eigenvalue weighted by Gasteiger charge is -2.32. The van der Waals surface area contributed by atoms with Crippen molar-refractivity contribution in [3.63, 3.8) is 0 Å². The minimum atomic E-state index is -4.20. The minimum absolute atomic E-state index is 0.0207. The van der Waals surface area contributed by atoms with Crippen LogP contribution in [0.2, 0.25) is 20.1 Å². The number of imidazole rings is 3. The molecule has 44 heteroatoms. The summed E-state index contributed by atoms with van der Waals surface area (Å²) in [5.41, 5.74) is 14.7. The predicted octanol–water partition coefficient (Wildman–Crippen LogP) is 17.7. The van der Waals surface area contributed by atoms with Gasteiger partial charge in [0.25, 0.3) is 0 Å². The summed E-state index contributed by atoms with van der Waals surface area (Å²) in [4.78, 5) is 113. The minimum Gasteiger partial charge on any atom is -0.492 e. The van der Waals surface area contributed by atoms with Crippen LogP contribution in [-0.2, 0) is 47.3 Å². The number of nitrogens with one attached hydrogen (secondary N) is 4. The molecule has 10 aromatic rings. The number of pyridine rings is 5. The molecule has 0 saturated carbocycles. The summed E-state index contributed by atoms with van der Waals surface area (Å²) in [6, 6.07) is 29.6. The number of ether oxygens (including phenoxy) is 7. The number of Topliss-reactive ketones (excluding diaryl/α,β-unsaturated/α-hetero) is 1. The highest BCUT2D eigenvalue weighted by Gasteiger charge is 2.52. The van der Waals surface area contributed by atoms with Gasteiger partial charge in [-0.15, -0.1) is 0 Å². The molecule has 0 unspecified atom stereocenters. The molecule has 0 bridgehead atoms. The number of H-pyrrole nitrogens is 2. The SMILES string of the molecule is C=C(OCC)c1cc(Cl)cc(N2CCOCC2)n1.CC(C)(C)OC(=O)n1cnc(-c2cc(Cl)cc(N3CCOCC3)n2)c1.CC[C@@H]1CCN(C(=O)Nc2ccc(C)c(-c3cc(-c4cnc[nH]4)nc(N4CCOCC4)c3)c2)C1.Cc1ccc(NC(=O)N2CC[C@@H](CC(F)(F)F)C2)cc1B1OC(C)(C)C(C)(C)O1.Clc1cc(-c2cnc[nH]2)nc(N2CCOCC2)c1.NC=O.O=C(CBr)c1cc(Cl)cc(N2CCOCC2)n1. The van der Waals surface area contributed by atoms with E-state index in [-0.39, 0.29) is 30.1 Å². The van der Waals surface area contributed by atoms with Gasteiger partial charge in [0.1, 0.15) is 63.9 Å². The van der Waals surface area contributed by atoms with Gasteiger partial charge in [-0.2, -0.15) is 13.2 Å². The number of aromatic nitrogens is 11. The normalized spacial score (nSPS) is 17.6. The van der Waals surface area contributed by atoms with Crippen LogP contribution in [0.5, 0.6) is 0 Å². The number of urea groups is 2. The zero-order chi connectivity index (χ0) is 103. The summed E-state index contributed by atoms with van der Waals surface area (Å²) >= 11 is 27.7. The third kappa shape index (κ3) is 32.6. The van der Waals surface area contributed by atoms with E-state index in [0.29, 0.717) is 119 Å². The highest BCUT2D eigenvalue weighted by Crippen LogP contribution is 2.40. The van der Waals surface area contributed by atoms with Gasteiger partial charge < -0.3 is 103 Å². The third-order valence-corrected chi connectivity index (χ3v) is 26.1. The van der Waals surface area contributed by atoms with E-state index in [0.717, 1.165) is 203 Å².